The zero-order valence-electron chi connectivity index (χ0n) is 14.8. The Morgan fingerprint density at radius 2 is 2.04 bits per heavy atom. The third-order valence-electron chi connectivity index (χ3n) is 4.57. The highest BCUT2D eigenvalue weighted by atomic mass is 35.5. The van der Waals surface area contributed by atoms with Crippen molar-refractivity contribution in [3.05, 3.63) is 58.6 Å². The molecule has 1 aliphatic heterocycles. The smallest absolute Gasteiger partial charge is 0.247 e. The lowest BCUT2D eigenvalue weighted by Gasteiger charge is -2.24. The first-order chi connectivity index (χ1) is 12.5. The van der Waals surface area contributed by atoms with Gasteiger partial charge >= 0.3 is 0 Å². The highest BCUT2D eigenvalue weighted by Crippen LogP contribution is 2.32. The second-order valence-electron chi connectivity index (χ2n) is 6.35. The van der Waals surface area contributed by atoms with Crippen LogP contribution in [0.3, 0.4) is 0 Å². The molecule has 0 aromatic heterocycles. The van der Waals surface area contributed by atoms with E-state index in [2.05, 4.69) is 5.32 Å². The highest BCUT2D eigenvalue weighted by molar-refractivity contribution is 6.31. The van der Waals surface area contributed by atoms with Crippen molar-refractivity contribution in [2.45, 2.75) is 32.4 Å². The number of aryl methyl sites for hydroxylation is 1. The average Bonchev–Trinajstić information content (AvgIpc) is 2.99. The molecule has 5 nitrogen and oxygen atoms in total. The number of halogens is 1. The summed E-state index contributed by atoms with van der Waals surface area (Å²) in [6, 6.07) is 12.6. The number of benzene rings is 2. The Kier molecular flexibility index (Phi) is 5.47. The van der Waals surface area contributed by atoms with Gasteiger partial charge in [0.05, 0.1) is 12.8 Å². The molecule has 3 rings (SSSR count). The fourth-order valence-corrected chi connectivity index (χ4v) is 3.28. The molecule has 6 heteroatoms. The zero-order valence-corrected chi connectivity index (χ0v) is 15.5. The average molecular weight is 373 g/mol. The van der Waals surface area contributed by atoms with E-state index in [9.17, 15) is 9.59 Å². The van der Waals surface area contributed by atoms with Crippen molar-refractivity contribution in [2.24, 2.45) is 0 Å². The van der Waals surface area contributed by atoms with Gasteiger partial charge in [-0.15, -0.1) is 0 Å². The second kappa shape index (κ2) is 7.79. The molecule has 0 saturated carbocycles. The molecule has 1 heterocycles. The topological polar surface area (TPSA) is 58.6 Å². The third-order valence-corrected chi connectivity index (χ3v) is 4.97. The van der Waals surface area contributed by atoms with Crippen LogP contribution in [0.1, 0.15) is 24.0 Å². The van der Waals surface area contributed by atoms with E-state index in [1.165, 1.54) is 7.11 Å². The van der Waals surface area contributed by atoms with Gasteiger partial charge in [0.15, 0.2) is 0 Å². The number of nitrogens with zero attached hydrogens (tertiary/aromatic N) is 1. The predicted molar refractivity (Wildman–Crippen MR) is 101 cm³/mol. The molecule has 26 heavy (non-hydrogen) atoms. The normalized spacial score (nSPS) is 16.7. The van der Waals surface area contributed by atoms with Gasteiger partial charge in [0.2, 0.25) is 11.8 Å². The molecule has 1 aliphatic rings. The Hall–Kier alpha value is -2.53. The minimum absolute atomic E-state index is 0.00625. The molecule has 1 N–H and O–H groups in total. The van der Waals surface area contributed by atoms with E-state index in [1.807, 2.05) is 37.3 Å². The van der Waals surface area contributed by atoms with Gasteiger partial charge in [0.1, 0.15) is 11.8 Å². The van der Waals surface area contributed by atoms with E-state index in [4.69, 9.17) is 16.3 Å². The molecule has 0 spiro atoms. The van der Waals surface area contributed by atoms with Gasteiger partial charge in [-0.25, -0.2) is 0 Å². The first-order valence-corrected chi connectivity index (χ1v) is 8.86. The van der Waals surface area contributed by atoms with Gasteiger partial charge in [0, 0.05) is 24.1 Å². The van der Waals surface area contributed by atoms with Crippen LogP contribution in [0.25, 0.3) is 0 Å². The van der Waals surface area contributed by atoms with Gasteiger partial charge in [0.25, 0.3) is 0 Å². The largest absolute Gasteiger partial charge is 0.495 e. The molecule has 1 unspecified atom stereocenters. The number of likely N-dealkylation sites (tertiary alicyclic amines) is 1. The Balaban J connectivity index is 1.78. The monoisotopic (exact) mass is 372 g/mol. The van der Waals surface area contributed by atoms with Crippen LogP contribution < -0.4 is 10.1 Å². The number of ether oxygens (including phenoxy) is 1. The molecule has 2 aromatic carbocycles. The van der Waals surface area contributed by atoms with Crippen LogP contribution in [-0.4, -0.2) is 29.9 Å². The summed E-state index contributed by atoms with van der Waals surface area (Å²) in [6.07, 6.45) is 0.883. The molecule has 1 saturated heterocycles. The number of anilines is 1. The van der Waals surface area contributed by atoms with Crippen molar-refractivity contribution < 1.29 is 14.3 Å². The SMILES string of the molecule is COc1cc(Cl)c(C)cc1NC(=O)C1CCC(=O)N1Cc1ccccc1. The van der Waals surface area contributed by atoms with Crippen LogP contribution in [0.4, 0.5) is 5.69 Å². The van der Waals surface area contributed by atoms with Crippen molar-refractivity contribution in [3.8, 4) is 5.75 Å². The van der Waals surface area contributed by atoms with E-state index in [1.54, 1.807) is 17.0 Å². The van der Waals surface area contributed by atoms with Crippen LogP contribution in [-0.2, 0) is 16.1 Å². The second-order valence-corrected chi connectivity index (χ2v) is 6.76. The molecule has 136 valence electrons. The predicted octanol–water partition coefficient (Wildman–Crippen LogP) is 3.79. The Morgan fingerprint density at radius 1 is 1.31 bits per heavy atom. The molecular weight excluding hydrogens is 352 g/mol. The molecule has 0 radical (unpaired) electrons. The summed E-state index contributed by atoms with van der Waals surface area (Å²) in [6.45, 7) is 2.28. The van der Waals surface area contributed by atoms with Crippen molar-refractivity contribution in [2.75, 3.05) is 12.4 Å². The van der Waals surface area contributed by atoms with Crippen LogP contribution in [0.5, 0.6) is 5.75 Å². The van der Waals surface area contributed by atoms with Gasteiger partial charge < -0.3 is 15.0 Å². The fraction of sp³-hybridized carbons (Fsp3) is 0.300. The summed E-state index contributed by atoms with van der Waals surface area (Å²) < 4.78 is 5.31. The molecule has 0 aliphatic carbocycles. The summed E-state index contributed by atoms with van der Waals surface area (Å²) in [7, 11) is 1.53. The highest BCUT2D eigenvalue weighted by Gasteiger charge is 2.36. The van der Waals surface area contributed by atoms with E-state index in [-0.39, 0.29) is 11.8 Å². The van der Waals surface area contributed by atoms with E-state index >= 15 is 0 Å². The van der Waals surface area contributed by atoms with Crippen LogP contribution in [0, 0.1) is 6.92 Å². The molecule has 1 fully saturated rings. The quantitative estimate of drug-likeness (QED) is 0.868. The van der Waals surface area contributed by atoms with E-state index in [0.29, 0.717) is 35.8 Å². The van der Waals surface area contributed by atoms with Crippen molar-refractivity contribution in [1.82, 2.24) is 4.90 Å². The van der Waals surface area contributed by atoms with Crippen molar-refractivity contribution in [3.63, 3.8) is 0 Å². The number of methoxy groups -OCH3 is 1. The summed E-state index contributed by atoms with van der Waals surface area (Å²) in [5.41, 5.74) is 2.39. The van der Waals surface area contributed by atoms with Gasteiger partial charge in [-0.1, -0.05) is 41.9 Å². The molecule has 1 atom stereocenters. The Labute approximate surface area is 157 Å². The fourth-order valence-electron chi connectivity index (χ4n) is 3.13. The molecule has 2 aromatic rings. The van der Waals surface area contributed by atoms with Crippen LogP contribution in [0.2, 0.25) is 5.02 Å². The number of rotatable bonds is 5. The maximum Gasteiger partial charge on any atom is 0.247 e. The van der Waals surface area contributed by atoms with Crippen LogP contribution in [0.15, 0.2) is 42.5 Å². The lowest BCUT2D eigenvalue weighted by Crippen LogP contribution is -2.41. The molecular formula is C20H21ClN2O3. The number of carbonyl (C=O) groups is 2. The summed E-state index contributed by atoms with van der Waals surface area (Å²) in [4.78, 5) is 26.7. The lowest BCUT2D eigenvalue weighted by atomic mass is 10.1. The van der Waals surface area contributed by atoms with Gasteiger partial charge in [-0.3, -0.25) is 9.59 Å². The van der Waals surface area contributed by atoms with Crippen molar-refractivity contribution >= 4 is 29.1 Å². The first-order valence-electron chi connectivity index (χ1n) is 8.48. The summed E-state index contributed by atoms with van der Waals surface area (Å²) in [5, 5.41) is 3.46. The molecule has 2 amide bonds. The summed E-state index contributed by atoms with van der Waals surface area (Å²) >= 11 is 6.12. The minimum Gasteiger partial charge on any atom is -0.495 e. The Bertz CT molecular complexity index is 823. The number of hydrogen-bond donors (Lipinski definition) is 1. The standard InChI is InChI=1S/C20H21ClN2O3/c1-13-10-16(18(26-2)11-15(13)21)22-20(25)17-8-9-19(24)23(17)12-14-6-4-3-5-7-14/h3-7,10-11,17H,8-9,12H2,1-2H3,(H,22,25). The third kappa shape index (κ3) is 3.83. The zero-order chi connectivity index (χ0) is 18.7. The maximum atomic E-state index is 12.8. The number of hydrogen-bond acceptors (Lipinski definition) is 3. The Morgan fingerprint density at radius 3 is 2.73 bits per heavy atom. The summed E-state index contributed by atoms with van der Waals surface area (Å²) in [5.74, 6) is 0.271. The number of amides is 2. The number of nitrogens with one attached hydrogen (secondary N) is 1. The maximum absolute atomic E-state index is 12.8. The van der Waals surface area contributed by atoms with Crippen molar-refractivity contribution in [1.29, 1.82) is 0 Å². The van der Waals surface area contributed by atoms with E-state index < -0.39 is 6.04 Å². The minimum atomic E-state index is -0.497. The van der Waals surface area contributed by atoms with Gasteiger partial charge in [-0.05, 0) is 30.5 Å². The van der Waals surface area contributed by atoms with Crippen LogP contribution >= 0.6 is 11.6 Å². The van der Waals surface area contributed by atoms with E-state index in [0.717, 1.165) is 11.1 Å². The van der Waals surface area contributed by atoms with Gasteiger partial charge in [-0.2, -0.15) is 0 Å². The molecule has 0 bridgehead atoms. The lowest BCUT2D eigenvalue weighted by molar-refractivity contribution is -0.133. The number of carbonyl (C=O) groups excluding carboxylic acids is 2. The first kappa shape index (κ1) is 18.3.